The van der Waals surface area contributed by atoms with Crippen molar-refractivity contribution in [1.29, 1.82) is 0 Å². The second-order valence-corrected chi connectivity index (χ2v) is 7.15. The fraction of sp³-hybridized carbons (Fsp3) is 0.455. The van der Waals surface area contributed by atoms with Gasteiger partial charge in [0.1, 0.15) is 0 Å². The highest BCUT2D eigenvalue weighted by Gasteiger charge is 2.52. The first-order valence-corrected chi connectivity index (χ1v) is 9.38. The van der Waals surface area contributed by atoms with Crippen molar-refractivity contribution < 1.29 is 9.59 Å². The van der Waals surface area contributed by atoms with E-state index in [0.717, 1.165) is 44.2 Å². The predicted molar refractivity (Wildman–Crippen MR) is 102 cm³/mol. The van der Waals surface area contributed by atoms with E-state index in [9.17, 15) is 9.59 Å². The van der Waals surface area contributed by atoms with Crippen LogP contribution in [-0.2, 0) is 4.79 Å². The molecule has 0 unspecified atom stereocenters. The third kappa shape index (κ3) is 4.68. The molecule has 1 aromatic carbocycles. The summed E-state index contributed by atoms with van der Waals surface area (Å²) in [7, 11) is 0. The van der Waals surface area contributed by atoms with Crippen molar-refractivity contribution in [3.8, 4) is 0 Å². The van der Waals surface area contributed by atoms with Crippen LogP contribution in [0.2, 0.25) is 0 Å². The van der Waals surface area contributed by atoms with Gasteiger partial charge in [-0.3, -0.25) is 9.59 Å². The quantitative estimate of drug-likeness (QED) is 0.612. The molecule has 2 atom stereocenters. The molecule has 0 bridgehead atoms. The van der Waals surface area contributed by atoms with Crippen LogP contribution in [-0.4, -0.2) is 11.7 Å². The van der Waals surface area contributed by atoms with Gasteiger partial charge in [0, 0.05) is 17.2 Å². The van der Waals surface area contributed by atoms with Gasteiger partial charge in [0.15, 0.2) is 5.78 Å². The molecule has 1 saturated carbocycles. The fourth-order valence-electron chi connectivity index (χ4n) is 3.90. The molecule has 1 N–H and O–H groups in total. The lowest BCUT2D eigenvalue weighted by atomic mass is 10.1. The average molecular weight is 337 g/mol. The number of carbonyl (C=O) groups is 2. The number of carbonyl (C=O) groups excluding carboxylic acids is 2. The molecule has 0 saturated heterocycles. The van der Waals surface area contributed by atoms with E-state index in [1.807, 2.05) is 12.1 Å². The van der Waals surface area contributed by atoms with Gasteiger partial charge in [-0.2, -0.15) is 0 Å². The summed E-state index contributed by atoms with van der Waals surface area (Å²) in [5.41, 5.74) is 1.36. The maximum absolute atomic E-state index is 12.7. The summed E-state index contributed by atoms with van der Waals surface area (Å²) in [6, 6.07) is 7.21. The van der Waals surface area contributed by atoms with E-state index in [1.165, 1.54) is 0 Å². The molecule has 0 aromatic heterocycles. The van der Waals surface area contributed by atoms with Gasteiger partial charge in [-0.05, 0) is 69.4 Å². The van der Waals surface area contributed by atoms with Crippen LogP contribution >= 0.6 is 0 Å². The molecule has 0 heterocycles. The largest absolute Gasteiger partial charge is 0.326 e. The smallest absolute Gasteiger partial charge is 0.228 e. The van der Waals surface area contributed by atoms with E-state index in [1.54, 1.807) is 19.1 Å². The van der Waals surface area contributed by atoms with Crippen LogP contribution in [0.1, 0.15) is 55.8 Å². The number of ketones is 1. The number of hydrogen-bond acceptors (Lipinski definition) is 2. The molecule has 1 amide bonds. The van der Waals surface area contributed by atoms with Crippen LogP contribution < -0.4 is 5.32 Å². The summed E-state index contributed by atoms with van der Waals surface area (Å²) >= 11 is 0. The van der Waals surface area contributed by atoms with Gasteiger partial charge in [0.25, 0.3) is 0 Å². The molecule has 1 fully saturated rings. The number of Topliss-reactive ketones (excluding diaryl/α,β-unsaturated/α-hetero) is 1. The number of rotatable bonds is 3. The minimum Gasteiger partial charge on any atom is -0.326 e. The summed E-state index contributed by atoms with van der Waals surface area (Å²) in [5.74, 6) is 1.23. The monoisotopic (exact) mass is 337 g/mol. The highest BCUT2D eigenvalue weighted by atomic mass is 16.2. The van der Waals surface area contributed by atoms with Gasteiger partial charge in [0.05, 0.1) is 0 Å². The minimum atomic E-state index is 0.0161. The Morgan fingerprint density at radius 1 is 0.920 bits per heavy atom. The molecule has 3 rings (SSSR count). The SMILES string of the molecule is CC(=O)c1cccc(NC(=O)C2[C@@H]3CC/C=C\CC/C=C\CC[C@@H]23)c1. The van der Waals surface area contributed by atoms with Crippen molar-refractivity contribution in [2.45, 2.75) is 45.4 Å². The van der Waals surface area contributed by atoms with E-state index in [0.29, 0.717) is 17.4 Å². The third-order valence-electron chi connectivity index (χ3n) is 5.34. The molecular weight excluding hydrogens is 310 g/mol. The first-order valence-electron chi connectivity index (χ1n) is 9.38. The lowest BCUT2D eigenvalue weighted by Crippen LogP contribution is -2.16. The summed E-state index contributed by atoms with van der Waals surface area (Å²) in [6.07, 6.45) is 15.6. The number of anilines is 1. The van der Waals surface area contributed by atoms with E-state index in [-0.39, 0.29) is 17.6 Å². The summed E-state index contributed by atoms with van der Waals surface area (Å²) in [4.78, 5) is 24.2. The van der Waals surface area contributed by atoms with Crippen LogP contribution in [0.4, 0.5) is 5.69 Å². The van der Waals surface area contributed by atoms with E-state index >= 15 is 0 Å². The Hall–Kier alpha value is -2.16. The zero-order chi connectivity index (χ0) is 17.6. The maximum Gasteiger partial charge on any atom is 0.228 e. The Bertz CT molecular complexity index is 665. The predicted octanol–water partition coefficient (Wildman–Crippen LogP) is 5.16. The molecular formula is C22H27NO2. The van der Waals surface area contributed by atoms with Gasteiger partial charge in [0.2, 0.25) is 5.91 Å². The number of allylic oxidation sites excluding steroid dienone is 4. The molecule has 2 aliphatic rings. The number of benzene rings is 1. The van der Waals surface area contributed by atoms with Crippen LogP contribution in [0.25, 0.3) is 0 Å². The maximum atomic E-state index is 12.7. The fourth-order valence-corrected chi connectivity index (χ4v) is 3.90. The van der Waals surface area contributed by atoms with E-state index < -0.39 is 0 Å². The number of amides is 1. The first-order chi connectivity index (χ1) is 12.2. The average Bonchev–Trinajstić information content (AvgIpc) is 3.27. The van der Waals surface area contributed by atoms with Crippen LogP contribution in [0.5, 0.6) is 0 Å². The molecule has 3 heteroatoms. The molecule has 1 aromatic rings. The Labute approximate surface area is 150 Å². The van der Waals surface area contributed by atoms with Crippen LogP contribution in [0, 0.1) is 17.8 Å². The number of hydrogen-bond donors (Lipinski definition) is 1. The highest BCUT2D eigenvalue weighted by molar-refractivity contribution is 5.98. The summed E-state index contributed by atoms with van der Waals surface area (Å²) in [5, 5.41) is 3.03. The first kappa shape index (κ1) is 17.7. The lowest BCUT2D eigenvalue weighted by Gasteiger charge is -2.06. The molecule has 0 aliphatic heterocycles. The van der Waals surface area contributed by atoms with Crippen molar-refractivity contribution in [3.05, 3.63) is 54.1 Å². The topological polar surface area (TPSA) is 46.2 Å². The number of nitrogens with one attached hydrogen (secondary N) is 1. The van der Waals surface area contributed by atoms with E-state index in [2.05, 4.69) is 29.6 Å². The highest BCUT2D eigenvalue weighted by Crippen LogP contribution is 2.52. The molecule has 0 spiro atoms. The molecule has 2 aliphatic carbocycles. The van der Waals surface area contributed by atoms with Crippen LogP contribution in [0.15, 0.2) is 48.6 Å². The minimum absolute atomic E-state index is 0.0161. The Kier molecular flexibility index (Phi) is 5.85. The van der Waals surface area contributed by atoms with Gasteiger partial charge in [-0.1, -0.05) is 36.4 Å². The van der Waals surface area contributed by atoms with Gasteiger partial charge >= 0.3 is 0 Å². The zero-order valence-corrected chi connectivity index (χ0v) is 14.9. The van der Waals surface area contributed by atoms with Crippen molar-refractivity contribution in [2.24, 2.45) is 17.8 Å². The van der Waals surface area contributed by atoms with Gasteiger partial charge < -0.3 is 5.32 Å². The number of fused-ring (bicyclic) bond motifs is 1. The Balaban J connectivity index is 1.63. The molecule has 3 nitrogen and oxygen atoms in total. The summed E-state index contributed by atoms with van der Waals surface area (Å²) in [6.45, 7) is 1.54. The molecule has 25 heavy (non-hydrogen) atoms. The third-order valence-corrected chi connectivity index (χ3v) is 5.34. The van der Waals surface area contributed by atoms with Gasteiger partial charge in [-0.25, -0.2) is 0 Å². The summed E-state index contributed by atoms with van der Waals surface area (Å²) < 4.78 is 0. The van der Waals surface area contributed by atoms with Crippen LogP contribution in [0.3, 0.4) is 0 Å². The van der Waals surface area contributed by atoms with E-state index in [4.69, 9.17) is 0 Å². The molecule has 0 radical (unpaired) electrons. The van der Waals surface area contributed by atoms with Gasteiger partial charge in [-0.15, -0.1) is 0 Å². The lowest BCUT2D eigenvalue weighted by molar-refractivity contribution is -0.117. The molecule has 132 valence electrons. The normalized spacial score (nSPS) is 28.6. The van der Waals surface area contributed by atoms with Crippen molar-refractivity contribution in [1.82, 2.24) is 0 Å². The van der Waals surface area contributed by atoms with Crippen molar-refractivity contribution in [3.63, 3.8) is 0 Å². The second-order valence-electron chi connectivity index (χ2n) is 7.15. The Morgan fingerprint density at radius 2 is 1.52 bits per heavy atom. The zero-order valence-electron chi connectivity index (χ0n) is 14.9. The Morgan fingerprint density at radius 3 is 2.12 bits per heavy atom. The van der Waals surface area contributed by atoms with Crippen molar-refractivity contribution >= 4 is 17.4 Å². The second kappa shape index (κ2) is 8.28. The van der Waals surface area contributed by atoms with Crippen molar-refractivity contribution in [2.75, 3.05) is 5.32 Å². The standard InChI is InChI=1S/C22H27NO2/c1-16(24)17-11-10-12-18(15-17)23-22(25)21-19-13-8-6-4-2-3-5-7-9-14-20(19)21/h4-7,10-12,15,19-21H,2-3,8-9,13-14H2,1H3,(H,23,25)/b6-4-,7-5-/t19-,20-/m1/s1.